The summed E-state index contributed by atoms with van der Waals surface area (Å²) in [5, 5.41) is 0. The minimum absolute atomic E-state index is 1.75. The molecule has 3 aromatic heterocycles. The Kier molecular flexibility index (Phi) is 17.2. The van der Waals surface area contributed by atoms with E-state index in [1.165, 1.54) is 0 Å². The van der Waals surface area contributed by atoms with Crippen LogP contribution in [0.5, 0.6) is 0 Å². The Morgan fingerprint density at radius 2 is 0.591 bits per heavy atom. The van der Waals surface area contributed by atoms with Gasteiger partial charge in [-0.25, -0.2) is 0 Å². The minimum atomic E-state index is -1.92. The van der Waals surface area contributed by atoms with Gasteiger partial charge in [0.05, 0.1) is 0 Å². The van der Waals surface area contributed by atoms with Crippen molar-refractivity contribution in [2.45, 2.75) is 0 Å². The summed E-state index contributed by atoms with van der Waals surface area (Å²) in [5.41, 5.74) is 0. The third-order valence-electron chi connectivity index (χ3n) is 1.70. The summed E-state index contributed by atoms with van der Waals surface area (Å²) in [6.07, 6.45) is 10.5. The SMILES string of the molecule is [Cl][Ir]([Cl])[Cl].c1ccncc1.c1ccncc1.c1ccncc1. The van der Waals surface area contributed by atoms with E-state index in [1.807, 2.05) is 54.6 Å². The van der Waals surface area contributed by atoms with Gasteiger partial charge < -0.3 is 0 Å². The molecule has 3 nitrogen and oxygen atoms in total. The molecule has 22 heavy (non-hydrogen) atoms. The van der Waals surface area contributed by atoms with Crippen molar-refractivity contribution in [1.29, 1.82) is 0 Å². The normalized spacial score (nSPS) is 8.59. The molecule has 3 rings (SSSR count). The van der Waals surface area contributed by atoms with Gasteiger partial charge in [-0.2, -0.15) is 0 Å². The Balaban J connectivity index is 0.000000271. The molecule has 0 aromatic carbocycles. The second-order valence-electron chi connectivity index (χ2n) is 3.22. The van der Waals surface area contributed by atoms with E-state index in [2.05, 4.69) is 15.0 Å². The maximum Gasteiger partial charge on any atom is 0.0267 e. The monoisotopic (exact) mass is 535 g/mol. The Labute approximate surface area is 148 Å². The summed E-state index contributed by atoms with van der Waals surface area (Å²) in [7, 11) is 14.9. The molecule has 0 spiro atoms. The van der Waals surface area contributed by atoms with Crippen LogP contribution >= 0.6 is 28.8 Å². The van der Waals surface area contributed by atoms with Gasteiger partial charge in [0.1, 0.15) is 0 Å². The van der Waals surface area contributed by atoms with Crippen molar-refractivity contribution in [3.63, 3.8) is 0 Å². The fourth-order valence-electron chi connectivity index (χ4n) is 0.938. The Bertz CT molecular complexity index is 358. The summed E-state index contributed by atoms with van der Waals surface area (Å²) in [6.45, 7) is 0. The van der Waals surface area contributed by atoms with E-state index < -0.39 is 13.5 Å². The van der Waals surface area contributed by atoms with Crippen LogP contribution in [0.25, 0.3) is 0 Å². The number of halogens is 3. The minimum Gasteiger partial charge on any atom is -0.265 e. The van der Waals surface area contributed by atoms with Gasteiger partial charge in [0, 0.05) is 37.2 Å². The fraction of sp³-hybridized carbons (Fsp3) is 0. The molecule has 7 heteroatoms. The molecular weight excluding hydrogens is 521 g/mol. The molecular formula is C15H15Cl3IrN3. The molecule has 120 valence electrons. The molecule has 0 radical (unpaired) electrons. The molecule has 0 saturated carbocycles. The zero-order valence-corrected chi connectivity index (χ0v) is 16.1. The van der Waals surface area contributed by atoms with Crippen LogP contribution in [0.15, 0.2) is 91.8 Å². The van der Waals surface area contributed by atoms with E-state index in [0.29, 0.717) is 0 Å². The van der Waals surface area contributed by atoms with Gasteiger partial charge in [0.15, 0.2) is 0 Å². The predicted octanol–water partition coefficient (Wildman–Crippen LogP) is 5.31. The molecule has 0 bridgehead atoms. The Morgan fingerprint density at radius 1 is 0.409 bits per heavy atom. The fourth-order valence-corrected chi connectivity index (χ4v) is 0.938. The van der Waals surface area contributed by atoms with Crippen LogP contribution in [-0.2, 0) is 13.5 Å². The van der Waals surface area contributed by atoms with Gasteiger partial charge in [0.2, 0.25) is 0 Å². The van der Waals surface area contributed by atoms with Crippen molar-refractivity contribution in [1.82, 2.24) is 15.0 Å². The van der Waals surface area contributed by atoms with Gasteiger partial charge in [0.25, 0.3) is 0 Å². The maximum absolute atomic E-state index is 4.97. The van der Waals surface area contributed by atoms with Crippen LogP contribution in [-0.4, -0.2) is 15.0 Å². The zero-order valence-electron chi connectivity index (χ0n) is 11.5. The summed E-state index contributed by atoms with van der Waals surface area (Å²) in [5.74, 6) is 0. The molecule has 3 aromatic rings. The van der Waals surface area contributed by atoms with Crippen LogP contribution in [0.2, 0.25) is 0 Å². The van der Waals surface area contributed by atoms with E-state index >= 15 is 0 Å². The van der Waals surface area contributed by atoms with E-state index in [9.17, 15) is 0 Å². The Hall–Kier alpha value is -1.03. The zero-order chi connectivity index (χ0) is 16.3. The summed E-state index contributed by atoms with van der Waals surface area (Å²) in [4.78, 5) is 11.4. The molecule has 0 amide bonds. The van der Waals surface area contributed by atoms with E-state index in [4.69, 9.17) is 28.8 Å². The molecule has 0 aliphatic heterocycles. The summed E-state index contributed by atoms with van der Waals surface area (Å²) < 4.78 is 0. The predicted molar refractivity (Wildman–Crippen MR) is 90.3 cm³/mol. The van der Waals surface area contributed by atoms with E-state index in [1.54, 1.807) is 37.2 Å². The molecule has 0 aliphatic rings. The van der Waals surface area contributed by atoms with Crippen LogP contribution < -0.4 is 0 Å². The quantitative estimate of drug-likeness (QED) is 0.392. The van der Waals surface area contributed by atoms with E-state index in [-0.39, 0.29) is 0 Å². The molecule has 0 aliphatic carbocycles. The number of aromatic nitrogens is 3. The first-order valence-electron chi connectivity index (χ1n) is 5.93. The number of nitrogens with zero attached hydrogens (tertiary/aromatic N) is 3. The largest absolute Gasteiger partial charge is 0.265 e. The van der Waals surface area contributed by atoms with E-state index in [0.717, 1.165) is 0 Å². The van der Waals surface area contributed by atoms with Crippen LogP contribution in [0.4, 0.5) is 0 Å². The van der Waals surface area contributed by atoms with Crippen molar-refractivity contribution in [3.8, 4) is 0 Å². The first kappa shape index (κ1) is 21.0. The topological polar surface area (TPSA) is 38.7 Å². The second-order valence-corrected chi connectivity index (χ2v) is 13.6. The molecule has 0 N–H and O–H groups in total. The average molecular weight is 536 g/mol. The van der Waals surface area contributed by atoms with Crippen molar-refractivity contribution in [3.05, 3.63) is 91.8 Å². The third-order valence-corrected chi connectivity index (χ3v) is 1.70. The van der Waals surface area contributed by atoms with Crippen molar-refractivity contribution in [2.24, 2.45) is 0 Å². The smallest absolute Gasteiger partial charge is 0.0267 e. The van der Waals surface area contributed by atoms with Crippen molar-refractivity contribution in [2.75, 3.05) is 0 Å². The third kappa shape index (κ3) is 21.3. The summed E-state index contributed by atoms with van der Waals surface area (Å²) in [6, 6.07) is 17.1. The number of hydrogen-bond donors (Lipinski definition) is 0. The summed E-state index contributed by atoms with van der Waals surface area (Å²) >= 11 is -1.92. The van der Waals surface area contributed by atoms with Crippen LogP contribution in [0, 0.1) is 0 Å². The van der Waals surface area contributed by atoms with Crippen molar-refractivity contribution >= 4 is 28.8 Å². The Morgan fingerprint density at radius 3 is 0.636 bits per heavy atom. The van der Waals surface area contributed by atoms with Gasteiger partial charge in [-0.05, 0) is 36.4 Å². The van der Waals surface area contributed by atoms with Crippen LogP contribution in [0.3, 0.4) is 0 Å². The number of hydrogen-bond acceptors (Lipinski definition) is 3. The average Bonchev–Trinajstić information content (AvgIpc) is 2.60. The van der Waals surface area contributed by atoms with Crippen molar-refractivity contribution < 1.29 is 13.5 Å². The van der Waals surface area contributed by atoms with Gasteiger partial charge in [-0.15, -0.1) is 0 Å². The molecule has 0 fully saturated rings. The first-order chi connectivity index (χ1) is 10.7. The molecule has 3 heterocycles. The van der Waals surface area contributed by atoms with Crippen LogP contribution in [0.1, 0.15) is 0 Å². The number of pyridine rings is 3. The van der Waals surface area contributed by atoms with Gasteiger partial charge in [-0.3, -0.25) is 15.0 Å². The molecule has 0 unspecified atom stereocenters. The maximum atomic E-state index is 4.97. The first-order valence-corrected chi connectivity index (χ1v) is 14.8. The van der Waals surface area contributed by atoms with Gasteiger partial charge in [-0.1, -0.05) is 18.2 Å². The molecule has 0 atom stereocenters. The van der Waals surface area contributed by atoms with Gasteiger partial charge >= 0.3 is 42.2 Å². The molecule has 0 saturated heterocycles. The second kappa shape index (κ2) is 18.0. The number of rotatable bonds is 0. The standard InChI is InChI=1S/3C5H5N.3ClH.Ir/c3*1-2-4-6-5-3-1;;;;/h3*1-5H;3*1H;/q;;;;;;+3/p-3.